The standard InChI is InChI=1S/C14H26Cl2O/c1-12(2)9-17-8-7-14(10-15,11-16)13-5-3-4-6-13/h12-13H,3-11H2,1-2H3. The number of halogens is 2. The molecular weight excluding hydrogens is 255 g/mol. The van der Waals surface area contributed by atoms with E-state index in [-0.39, 0.29) is 5.41 Å². The molecule has 0 aliphatic heterocycles. The number of hydrogen-bond acceptors (Lipinski definition) is 1. The van der Waals surface area contributed by atoms with E-state index in [1.807, 2.05) is 0 Å². The first kappa shape index (κ1) is 15.6. The summed E-state index contributed by atoms with van der Waals surface area (Å²) >= 11 is 12.4. The predicted molar refractivity (Wildman–Crippen MR) is 76.1 cm³/mol. The van der Waals surface area contributed by atoms with Crippen LogP contribution in [0.4, 0.5) is 0 Å². The van der Waals surface area contributed by atoms with Crippen LogP contribution in [0.3, 0.4) is 0 Å². The van der Waals surface area contributed by atoms with Crippen molar-refractivity contribution in [1.82, 2.24) is 0 Å². The highest BCUT2D eigenvalue weighted by Gasteiger charge is 2.38. The molecule has 1 rings (SSSR count). The number of rotatable bonds is 8. The quantitative estimate of drug-likeness (QED) is 0.462. The number of alkyl halides is 2. The molecule has 1 aliphatic carbocycles. The summed E-state index contributed by atoms with van der Waals surface area (Å²) in [6.45, 7) is 5.99. The predicted octanol–water partition coefficient (Wildman–Crippen LogP) is 4.70. The molecule has 0 spiro atoms. The van der Waals surface area contributed by atoms with Crippen molar-refractivity contribution in [1.29, 1.82) is 0 Å². The van der Waals surface area contributed by atoms with Crippen molar-refractivity contribution in [3.63, 3.8) is 0 Å². The van der Waals surface area contributed by atoms with E-state index in [0.29, 0.717) is 23.6 Å². The van der Waals surface area contributed by atoms with Gasteiger partial charge in [-0.15, -0.1) is 23.2 Å². The summed E-state index contributed by atoms with van der Waals surface area (Å²) < 4.78 is 5.70. The van der Waals surface area contributed by atoms with Crippen LogP contribution in [0.25, 0.3) is 0 Å². The lowest BCUT2D eigenvalue weighted by Crippen LogP contribution is -2.34. The zero-order chi connectivity index (χ0) is 12.7. The molecule has 3 heteroatoms. The van der Waals surface area contributed by atoms with Gasteiger partial charge in [0.15, 0.2) is 0 Å². The van der Waals surface area contributed by atoms with E-state index < -0.39 is 0 Å². The Labute approximate surface area is 116 Å². The molecule has 0 aromatic heterocycles. The Morgan fingerprint density at radius 1 is 1.18 bits per heavy atom. The van der Waals surface area contributed by atoms with Crippen molar-refractivity contribution in [3.8, 4) is 0 Å². The minimum Gasteiger partial charge on any atom is -0.381 e. The van der Waals surface area contributed by atoms with Crippen LogP contribution in [0.15, 0.2) is 0 Å². The average molecular weight is 281 g/mol. The highest BCUT2D eigenvalue weighted by atomic mass is 35.5. The fourth-order valence-electron chi connectivity index (χ4n) is 2.72. The summed E-state index contributed by atoms with van der Waals surface area (Å²) in [5.74, 6) is 2.65. The second kappa shape index (κ2) is 7.86. The van der Waals surface area contributed by atoms with Crippen molar-refractivity contribution >= 4 is 23.2 Å². The molecule has 0 aromatic rings. The Morgan fingerprint density at radius 3 is 2.24 bits per heavy atom. The highest BCUT2D eigenvalue weighted by molar-refractivity contribution is 6.21. The third-order valence-electron chi connectivity index (χ3n) is 3.95. The molecule has 0 amide bonds. The SMILES string of the molecule is CC(C)COCCC(CCl)(CCl)C1CCCC1. The van der Waals surface area contributed by atoms with Gasteiger partial charge in [-0.1, -0.05) is 26.7 Å². The molecule has 0 radical (unpaired) electrons. The average Bonchev–Trinajstić information content (AvgIpc) is 2.84. The smallest absolute Gasteiger partial charge is 0.0488 e. The maximum Gasteiger partial charge on any atom is 0.0488 e. The Bertz CT molecular complexity index is 196. The number of ether oxygens (including phenoxy) is 1. The van der Waals surface area contributed by atoms with Crippen LogP contribution in [0, 0.1) is 17.3 Å². The van der Waals surface area contributed by atoms with Crippen LogP contribution < -0.4 is 0 Å². The van der Waals surface area contributed by atoms with Gasteiger partial charge in [0.25, 0.3) is 0 Å². The van der Waals surface area contributed by atoms with Crippen LogP contribution in [0.5, 0.6) is 0 Å². The van der Waals surface area contributed by atoms with E-state index in [1.165, 1.54) is 25.7 Å². The van der Waals surface area contributed by atoms with Gasteiger partial charge in [0.05, 0.1) is 0 Å². The first-order valence-corrected chi connectivity index (χ1v) is 7.91. The summed E-state index contributed by atoms with van der Waals surface area (Å²) in [5.41, 5.74) is 0.108. The summed E-state index contributed by atoms with van der Waals surface area (Å²) in [5, 5.41) is 0. The van der Waals surface area contributed by atoms with Crippen molar-refractivity contribution in [2.24, 2.45) is 17.3 Å². The van der Waals surface area contributed by atoms with Crippen molar-refractivity contribution in [2.75, 3.05) is 25.0 Å². The first-order valence-electron chi connectivity index (χ1n) is 6.84. The molecule has 0 saturated heterocycles. The summed E-state index contributed by atoms with van der Waals surface area (Å²) in [6.07, 6.45) is 6.28. The van der Waals surface area contributed by atoms with Gasteiger partial charge in [-0.2, -0.15) is 0 Å². The lowest BCUT2D eigenvalue weighted by atomic mass is 9.75. The second-order valence-electron chi connectivity index (χ2n) is 5.83. The van der Waals surface area contributed by atoms with Crippen LogP contribution >= 0.6 is 23.2 Å². The van der Waals surface area contributed by atoms with Gasteiger partial charge in [-0.25, -0.2) is 0 Å². The third-order valence-corrected chi connectivity index (χ3v) is 5.01. The maximum absolute atomic E-state index is 6.21. The zero-order valence-electron chi connectivity index (χ0n) is 11.2. The second-order valence-corrected chi connectivity index (χ2v) is 6.36. The minimum atomic E-state index is 0.108. The molecule has 0 bridgehead atoms. The Morgan fingerprint density at radius 2 is 1.76 bits per heavy atom. The molecule has 0 aromatic carbocycles. The van der Waals surface area contributed by atoms with Gasteiger partial charge in [0, 0.05) is 30.4 Å². The Balaban J connectivity index is 2.40. The topological polar surface area (TPSA) is 9.23 Å². The lowest BCUT2D eigenvalue weighted by molar-refractivity contribution is 0.0698. The first-order chi connectivity index (χ1) is 8.14. The normalized spacial score (nSPS) is 18.2. The molecular formula is C14H26Cl2O. The van der Waals surface area contributed by atoms with Gasteiger partial charge in [-0.3, -0.25) is 0 Å². The van der Waals surface area contributed by atoms with Gasteiger partial charge in [0.2, 0.25) is 0 Å². The monoisotopic (exact) mass is 280 g/mol. The largest absolute Gasteiger partial charge is 0.381 e. The fraction of sp³-hybridized carbons (Fsp3) is 1.00. The van der Waals surface area contributed by atoms with Gasteiger partial charge in [0.1, 0.15) is 0 Å². The molecule has 1 aliphatic rings. The Kier molecular flexibility index (Phi) is 7.21. The molecule has 1 saturated carbocycles. The maximum atomic E-state index is 6.21. The molecule has 0 unspecified atom stereocenters. The van der Waals surface area contributed by atoms with Crippen molar-refractivity contribution in [3.05, 3.63) is 0 Å². The molecule has 1 nitrogen and oxygen atoms in total. The van der Waals surface area contributed by atoms with E-state index in [0.717, 1.165) is 19.6 Å². The van der Waals surface area contributed by atoms with Crippen LogP contribution in [-0.2, 0) is 4.74 Å². The van der Waals surface area contributed by atoms with Crippen molar-refractivity contribution in [2.45, 2.75) is 46.0 Å². The van der Waals surface area contributed by atoms with E-state index in [2.05, 4.69) is 13.8 Å². The zero-order valence-corrected chi connectivity index (χ0v) is 12.7. The number of hydrogen-bond donors (Lipinski definition) is 0. The molecule has 1 fully saturated rings. The van der Waals surface area contributed by atoms with Crippen LogP contribution in [0.2, 0.25) is 0 Å². The molecule has 102 valence electrons. The summed E-state index contributed by atoms with van der Waals surface area (Å²) in [6, 6.07) is 0. The fourth-order valence-corrected chi connectivity index (χ4v) is 3.71. The lowest BCUT2D eigenvalue weighted by Gasteiger charge is -2.36. The van der Waals surface area contributed by atoms with Crippen molar-refractivity contribution < 1.29 is 4.74 Å². The molecule has 17 heavy (non-hydrogen) atoms. The van der Waals surface area contributed by atoms with Crippen LogP contribution in [0.1, 0.15) is 46.0 Å². The van der Waals surface area contributed by atoms with Gasteiger partial charge >= 0.3 is 0 Å². The van der Waals surface area contributed by atoms with Gasteiger partial charge in [-0.05, 0) is 31.1 Å². The minimum absolute atomic E-state index is 0.108. The van der Waals surface area contributed by atoms with Gasteiger partial charge < -0.3 is 4.74 Å². The van der Waals surface area contributed by atoms with E-state index in [4.69, 9.17) is 27.9 Å². The summed E-state index contributed by atoms with van der Waals surface area (Å²) in [7, 11) is 0. The Hall–Kier alpha value is 0.540. The van der Waals surface area contributed by atoms with E-state index in [1.54, 1.807) is 0 Å². The van der Waals surface area contributed by atoms with E-state index >= 15 is 0 Å². The third kappa shape index (κ3) is 4.61. The molecule has 0 atom stereocenters. The molecule has 0 N–H and O–H groups in total. The summed E-state index contributed by atoms with van der Waals surface area (Å²) in [4.78, 5) is 0. The highest BCUT2D eigenvalue weighted by Crippen LogP contribution is 2.44. The van der Waals surface area contributed by atoms with Crippen LogP contribution in [-0.4, -0.2) is 25.0 Å². The van der Waals surface area contributed by atoms with E-state index in [9.17, 15) is 0 Å². The molecule has 0 heterocycles.